The molecule has 0 spiro atoms. The van der Waals surface area contributed by atoms with E-state index in [2.05, 4.69) is 27.5 Å². The molecule has 0 radical (unpaired) electrons. The van der Waals surface area contributed by atoms with Crippen molar-refractivity contribution in [3.8, 4) is 17.6 Å². The second-order valence-corrected chi connectivity index (χ2v) is 11.1. The zero-order valence-electron chi connectivity index (χ0n) is 23.7. The van der Waals surface area contributed by atoms with Gasteiger partial charge in [0.05, 0.1) is 21.9 Å². The first-order chi connectivity index (χ1) is 20.6. The van der Waals surface area contributed by atoms with E-state index in [0.29, 0.717) is 37.4 Å². The zero-order chi connectivity index (χ0) is 31.6. The highest BCUT2D eigenvalue weighted by Gasteiger charge is 2.37. The second-order valence-electron chi connectivity index (χ2n) is 9.16. The van der Waals surface area contributed by atoms with Gasteiger partial charge < -0.3 is 20.5 Å². The number of aliphatic hydroxyl groups is 1. The Morgan fingerprint density at radius 3 is 2.12 bits per heavy atom. The molecule has 0 saturated carbocycles. The molecule has 1 aliphatic rings. The van der Waals surface area contributed by atoms with Gasteiger partial charge in [0.25, 0.3) is 0 Å². The third-order valence-electron chi connectivity index (χ3n) is 6.08. The smallest absolute Gasteiger partial charge is 0.318 e. The maximum Gasteiger partial charge on any atom is 0.318 e. The molecule has 0 unspecified atom stereocenters. The van der Waals surface area contributed by atoms with Crippen LogP contribution in [0.1, 0.15) is 19.8 Å². The minimum absolute atomic E-state index is 0.195. The molecule has 3 aromatic rings. The van der Waals surface area contributed by atoms with Crippen LogP contribution in [0.15, 0.2) is 94.8 Å². The maximum atomic E-state index is 12.8. The molecule has 3 amide bonds. The van der Waals surface area contributed by atoms with Crippen molar-refractivity contribution in [2.45, 2.75) is 30.3 Å². The summed E-state index contributed by atoms with van der Waals surface area (Å²) < 4.78 is 31.0. The van der Waals surface area contributed by atoms with Crippen LogP contribution in [0.25, 0.3) is 0 Å². The average molecular weight is 607 g/mol. The van der Waals surface area contributed by atoms with Crippen LogP contribution in [0.3, 0.4) is 0 Å². The molecule has 4 N–H and O–H groups in total. The predicted molar refractivity (Wildman–Crippen MR) is 163 cm³/mol. The molecule has 0 bridgehead atoms. The largest absolute Gasteiger partial charge is 0.481 e. The van der Waals surface area contributed by atoms with Crippen LogP contribution in [0.4, 0.5) is 16.2 Å². The molecule has 0 aliphatic carbocycles. The zero-order valence-corrected chi connectivity index (χ0v) is 24.5. The van der Waals surface area contributed by atoms with Crippen molar-refractivity contribution in [1.29, 1.82) is 0 Å². The number of benzene rings is 3. The standard InChI is InChI=1S/C22H25NO4S.C7H5NO.C2H4N2O2/c1-2-3-17-27-20-9-11-21(12-10-20)28(25,26)18-22(24)13-15-23(16-14-22)19-7-5-4-6-8-19;9-6-8-7-4-2-1-3-5-7;3-2(6)4-1-5/h4-12,24H,13-18H2,1H3;1-5H;1H,(H3,3,4,5,6). The lowest BCUT2D eigenvalue weighted by Crippen LogP contribution is -2.48. The quantitative estimate of drug-likeness (QED) is 0.152. The van der Waals surface area contributed by atoms with E-state index in [0.717, 1.165) is 5.69 Å². The molecule has 3 aromatic carbocycles. The Morgan fingerprint density at radius 2 is 1.63 bits per heavy atom. The van der Waals surface area contributed by atoms with Crippen molar-refractivity contribution in [2.75, 3.05) is 30.3 Å². The van der Waals surface area contributed by atoms with E-state index < -0.39 is 21.5 Å². The molecular formula is C31H34N4O7S. The van der Waals surface area contributed by atoms with E-state index in [9.17, 15) is 27.9 Å². The van der Waals surface area contributed by atoms with Crippen LogP contribution in [-0.4, -0.2) is 63.1 Å². The Hall–Kier alpha value is -4.95. The summed E-state index contributed by atoms with van der Waals surface area (Å²) in [6, 6.07) is 24.4. The molecule has 4 rings (SSSR count). The van der Waals surface area contributed by atoms with Crippen LogP contribution >= 0.6 is 0 Å². The molecule has 11 nitrogen and oxygen atoms in total. The minimum Gasteiger partial charge on any atom is -0.481 e. The number of hydrogen-bond acceptors (Lipinski definition) is 9. The van der Waals surface area contributed by atoms with Crippen molar-refractivity contribution in [3.05, 3.63) is 84.9 Å². The number of carbonyl (C=O) groups excluding carboxylic acids is 3. The Labute approximate surface area is 251 Å². The topological polar surface area (TPSA) is 168 Å². The van der Waals surface area contributed by atoms with E-state index >= 15 is 0 Å². The SMILES string of the molecule is CC#CCOc1ccc(S(=O)(=O)CC2(O)CCN(c3ccccc3)CC2)cc1.NC(=O)NC=O.O=C=Nc1ccccc1. The lowest BCUT2D eigenvalue weighted by atomic mass is 9.93. The van der Waals surface area contributed by atoms with Crippen molar-refractivity contribution in [1.82, 2.24) is 5.32 Å². The second kappa shape index (κ2) is 17.8. The minimum atomic E-state index is -3.59. The highest BCUT2D eigenvalue weighted by atomic mass is 32.2. The van der Waals surface area contributed by atoms with Crippen LogP contribution in [0.2, 0.25) is 0 Å². The number of nitrogens with two attached hydrogens (primary N) is 1. The van der Waals surface area contributed by atoms with E-state index in [1.165, 1.54) is 18.2 Å². The molecule has 1 heterocycles. The number of nitrogens with one attached hydrogen (secondary N) is 1. The van der Waals surface area contributed by atoms with Gasteiger partial charge in [-0.25, -0.2) is 18.0 Å². The number of para-hydroxylation sites is 2. The van der Waals surface area contributed by atoms with Crippen molar-refractivity contribution in [2.24, 2.45) is 10.7 Å². The first-order valence-corrected chi connectivity index (χ1v) is 14.8. The number of primary amides is 1. The number of aliphatic imine (C=N–C) groups is 1. The summed E-state index contributed by atoms with van der Waals surface area (Å²) in [7, 11) is -3.59. The van der Waals surface area contributed by atoms with Gasteiger partial charge >= 0.3 is 6.03 Å². The van der Waals surface area contributed by atoms with Gasteiger partial charge in [0.15, 0.2) is 9.84 Å². The Morgan fingerprint density at radius 1 is 1.05 bits per heavy atom. The number of piperidine rings is 1. The van der Waals surface area contributed by atoms with Gasteiger partial charge in [-0.2, -0.15) is 4.99 Å². The van der Waals surface area contributed by atoms with E-state index in [1.807, 2.05) is 48.5 Å². The van der Waals surface area contributed by atoms with Gasteiger partial charge in [0, 0.05) is 18.8 Å². The number of isocyanates is 1. The molecule has 1 aliphatic heterocycles. The number of imide groups is 1. The lowest BCUT2D eigenvalue weighted by Gasteiger charge is -2.39. The number of carbonyl (C=O) groups is 2. The molecule has 1 fully saturated rings. The van der Waals surface area contributed by atoms with Gasteiger partial charge in [-0.15, -0.1) is 5.92 Å². The third-order valence-corrected chi connectivity index (χ3v) is 7.98. The molecule has 43 heavy (non-hydrogen) atoms. The summed E-state index contributed by atoms with van der Waals surface area (Å²) in [4.78, 5) is 34.1. The highest BCUT2D eigenvalue weighted by Crippen LogP contribution is 2.29. The summed E-state index contributed by atoms with van der Waals surface area (Å²) in [6.45, 7) is 3.25. The summed E-state index contributed by atoms with van der Waals surface area (Å²) in [5, 5.41) is 12.6. The summed E-state index contributed by atoms with van der Waals surface area (Å²) in [6.07, 6.45) is 2.51. The number of anilines is 1. The number of hydrogen-bond donors (Lipinski definition) is 3. The molecule has 0 atom stereocenters. The van der Waals surface area contributed by atoms with Crippen LogP contribution in [0, 0.1) is 11.8 Å². The number of ether oxygens (including phenoxy) is 1. The predicted octanol–water partition coefficient (Wildman–Crippen LogP) is 3.36. The number of rotatable bonds is 8. The summed E-state index contributed by atoms with van der Waals surface area (Å²) in [5.41, 5.74) is 4.95. The lowest BCUT2D eigenvalue weighted by molar-refractivity contribution is -0.108. The number of nitrogens with zero attached hydrogens (tertiary/aromatic N) is 2. The first kappa shape index (κ1) is 34.3. The van der Waals surface area contributed by atoms with Crippen molar-refractivity contribution in [3.63, 3.8) is 0 Å². The van der Waals surface area contributed by atoms with E-state index in [-0.39, 0.29) is 23.7 Å². The number of amides is 3. The Bertz CT molecular complexity index is 1510. The van der Waals surface area contributed by atoms with Crippen molar-refractivity contribution < 1.29 is 32.6 Å². The van der Waals surface area contributed by atoms with Crippen LogP contribution < -0.4 is 20.7 Å². The van der Waals surface area contributed by atoms with Crippen molar-refractivity contribution >= 4 is 39.7 Å². The van der Waals surface area contributed by atoms with Crippen LogP contribution in [0.5, 0.6) is 5.75 Å². The molecule has 226 valence electrons. The summed E-state index contributed by atoms with van der Waals surface area (Å²) in [5.74, 6) is 5.82. The Balaban J connectivity index is 0.000000352. The first-order valence-electron chi connectivity index (χ1n) is 13.1. The molecule has 12 heteroatoms. The number of urea groups is 1. The van der Waals surface area contributed by atoms with Gasteiger partial charge in [-0.05, 0) is 68.3 Å². The fourth-order valence-electron chi connectivity index (χ4n) is 3.95. The molecular weight excluding hydrogens is 572 g/mol. The van der Waals surface area contributed by atoms with Gasteiger partial charge in [-0.1, -0.05) is 42.3 Å². The number of sulfone groups is 1. The monoisotopic (exact) mass is 606 g/mol. The Kier molecular flexibility index (Phi) is 14.2. The fraction of sp³-hybridized carbons (Fsp3) is 0.258. The summed E-state index contributed by atoms with van der Waals surface area (Å²) >= 11 is 0. The van der Waals surface area contributed by atoms with E-state index in [4.69, 9.17) is 4.74 Å². The highest BCUT2D eigenvalue weighted by molar-refractivity contribution is 7.91. The maximum absolute atomic E-state index is 12.8. The average Bonchev–Trinajstić information content (AvgIpc) is 2.99. The molecule has 0 aromatic heterocycles. The normalized spacial score (nSPS) is 13.1. The van der Waals surface area contributed by atoms with Gasteiger partial charge in [0.1, 0.15) is 12.4 Å². The van der Waals surface area contributed by atoms with Crippen LogP contribution in [-0.2, 0) is 19.4 Å². The fourth-order valence-corrected chi connectivity index (χ4v) is 5.66. The molecule has 1 saturated heterocycles. The van der Waals surface area contributed by atoms with Gasteiger partial charge in [0.2, 0.25) is 12.5 Å². The van der Waals surface area contributed by atoms with E-state index in [1.54, 1.807) is 36.5 Å². The third kappa shape index (κ3) is 12.6. The van der Waals surface area contributed by atoms with Gasteiger partial charge in [-0.3, -0.25) is 10.1 Å².